The van der Waals surface area contributed by atoms with E-state index in [2.05, 4.69) is 13.0 Å². The number of nitrogens with zero attached hydrogens (tertiary/aromatic N) is 1. The van der Waals surface area contributed by atoms with Crippen LogP contribution in [0, 0.1) is 11.8 Å². The molecular formula is C14H27NO3. The molecule has 106 valence electrons. The largest absolute Gasteiger partial charge is 0.383 e. The molecule has 4 heteroatoms. The summed E-state index contributed by atoms with van der Waals surface area (Å²) < 4.78 is 10.1. The van der Waals surface area contributed by atoms with Gasteiger partial charge in [0.15, 0.2) is 0 Å². The van der Waals surface area contributed by atoms with Crippen LogP contribution in [0.1, 0.15) is 20.8 Å². The van der Waals surface area contributed by atoms with Crippen molar-refractivity contribution in [1.82, 2.24) is 4.90 Å². The van der Waals surface area contributed by atoms with Crippen LogP contribution in [0.3, 0.4) is 0 Å². The van der Waals surface area contributed by atoms with Gasteiger partial charge in [0, 0.05) is 33.2 Å². The topological polar surface area (TPSA) is 38.8 Å². The van der Waals surface area contributed by atoms with E-state index in [0.29, 0.717) is 26.3 Å². The molecule has 0 radical (unpaired) electrons. The quantitative estimate of drug-likeness (QED) is 0.593. The van der Waals surface area contributed by atoms with Gasteiger partial charge < -0.3 is 14.4 Å². The van der Waals surface area contributed by atoms with Crippen LogP contribution in [0.25, 0.3) is 0 Å². The first-order chi connectivity index (χ1) is 8.58. The zero-order valence-electron chi connectivity index (χ0n) is 12.3. The van der Waals surface area contributed by atoms with Crippen LogP contribution in [-0.2, 0) is 14.3 Å². The van der Waals surface area contributed by atoms with Crippen molar-refractivity contribution in [3.05, 3.63) is 12.2 Å². The van der Waals surface area contributed by atoms with Crippen LogP contribution >= 0.6 is 0 Å². The lowest BCUT2D eigenvalue weighted by Crippen LogP contribution is -2.41. The minimum absolute atomic E-state index is 0.0186. The Labute approximate surface area is 111 Å². The van der Waals surface area contributed by atoms with Gasteiger partial charge in [0.05, 0.1) is 13.2 Å². The lowest BCUT2D eigenvalue weighted by molar-refractivity contribution is -0.137. The number of methoxy groups -OCH3 is 2. The summed E-state index contributed by atoms with van der Waals surface area (Å²) in [5.74, 6) is 0.389. The molecule has 0 heterocycles. The molecule has 0 bridgehead atoms. The molecule has 18 heavy (non-hydrogen) atoms. The van der Waals surface area contributed by atoms with E-state index < -0.39 is 0 Å². The van der Waals surface area contributed by atoms with Crippen LogP contribution in [0.2, 0.25) is 0 Å². The molecule has 0 fully saturated rings. The number of ether oxygens (including phenoxy) is 2. The van der Waals surface area contributed by atoms with Gasteiger partial charge in [-0.25, -0.2) is 0 Å². The fraction of sp³-hybridized carbons (Fsp3) is 0.786. The molecule has 0 saturated carbocycles. The number of amides is 1. The molecule has 0 aromatic heterocycles. The molecule has 0 N–H and O–H groups in total. The average molecular weight is 257 g/mol. The molecule has 2 atom stereocenters. The molecule has 0 rings (SSSR count). The van der Waals surface area contributed by atoms with Gasteiger partial charge in [0.1, 0.15) is 0 Å². The van der Waals surface area contributed by atoms with E-state index in [9.17, 15) is 4.79 Å². The minimum atomic E-state index is -0.0186. The SMILES string of the molecule is C/C=C/[C@H](C)C(C)C(=O)N(CCOC)CCOC. The summed E-state index contributed by atoms with van der Waals surface area (Å²) >= 11 is 0. The molecule has 0 spiro atoms. The van der Waals surface area contributed by atoms with E-state index >= 15 is 0 Å². The summed E-state index contributed by atoms with van der Waals surface area (Å²) in [6.45, 7) is 8.35. The third-order valence-electron chi connectivity index (χ3n) is 3.12. The van der Waals surface area contributed by atoms with E-state index in [1.54, 1.807) is 14.2 Å². The highest BCUT2D eigenvalue weighted by molar-refractivity contribution is 5.79. The molecule has 0 aliphatic rings. The van der Waals surface area contributed by atoms with Crippen molar-refractivity contribution >= 4 is 5.91 Å². The fourth-order valence-electron chi connectivity index (χ4n) is 1.72. The first-order valence-corrected chi connectivity index (χ1v) is 6.47. The number of carbonyl (C=O) groups is 1. The van der Waals surface area contributed by atoms with E-state index in [-0.39, 0.29) is 17.7 Å². The number of hydrogen-bond acceptors (Lipinski definition) is 3. The Kier molecular flexibility index (Phi) is 9.60. The Morgan fingerprint density at radius 3 is 2.06 bits per heavy atom. The van der Waals surface area contributed by atoms with Crippen molar-refractivity contribution in [1.29, 1.82) is 0 Å². The summed E-state index contributed by atoms with van der Waals surface area (Å²) in [5, 5.41) is 0. The van der Waals surface area contributed by atoms with E-state index in [1.165, 1.54) is 0 Å². The van der Waals surface area contributed by atoms with Gasteiger partial charge in [-0.2, -0.15) is 0 Å². The Bertz CT molecular complexity index is 245. The normalized spacial score (nSPS) is 14.7. The smallest absolute Gasteiger partial charge is 0.226 e. The number of allylic oxidation sites excluding steroid dienone is 2. The summed E-state index contributed by atoms with van der Waals surface area (Å²) in [5.41, 5.74) is 0. The van der Waals surface area contributed by atoms with Gasteiger partial charge in [-0.1, -0.05) is 26.0 Å². The van der Waals surface area contributed by atoms with E-state index in [1.807, 2.05) is 24.8 Å². The molecule has 0 aromatic rings. The minimum Gasteiger partial charge on any atom is -0.383 e. The maximum Gasteiger partial charge on any atom is 0.226 e. The van der Waals surface area contributed by atoms with Crippen LogP contribution in [-0.4, -0.2) is 51.3 Å². The van der Waals surface area contributed by atoms with Crippen molar-refractivity contribution in [3.8, 4) is 0 Å². The Balaban J connectivity index is 4.50. The maximum absolute atomic E-state index is 12.4. The molecule has 4 nitrogen and oxygen atoms in total. The second-order valence-corrected chi connectivity index (χ2v) is 4.48. The van der Waals surface area contributed by atoms with Crippen molar-refractivity contribution in [2.45, 2.75) is 20.8 Å². The van der Waals surface area contributed by atoms with Gasteiger partial charge in [-0.05, 0) is 12.8 Å². The van der Waals surface area contributed by atoms with Crippen molar-refractivity contribution < 1.29 is 14.3 Å². The highest BCUT2D eigenvalue weighted by Crippen LogP contribution is 2.15. The first kappa shape index (κ1) is 17.1. The first-order valence-electron chi connectivity index (χ1n) is 6.47. The van der Waals surface area contributed by atoms with E-state index in [4.69, 9.17) is 9.47 Å². The van der Waals surface area contributed by atoms with Crippen LogP contribution in [0.4, 0.5) is 0 Å². The predicted octanol–water partition coefficient (Wildman–Crippen LogP) is 1.96. The third-order valence-corrected chi connectivity index (χ3v) is 3.12. The van der Waals surface area contributed by atoms with Crippen molar-refractivity contribution in [2.24, 2.45) is 11.8 Å². The highest BCUT2D eigenvalue weighted by Gasteiger charge is 2.23. The number of carbonyl (C=O) groups excluding carboxylic acids is 1. The monoisotopic (exact) mass is 257 g/mol. The van der Waals surface area contributed by atoms with Gasteiger partial charge in [-0.15, -0.1) is 0 Å². The average Bonchev–Trinajstić information content (AvgIpc) is 2.37. The molecule has 0 saturated heterocycles. The molecule has 1 unspecified atom stereocenters. The molecular weight excluding hydrogens is 230 g/mol. The van der Waals surface area contributed by atoms with Crippen LogP contribution in [0.5, 0.6) is 0 Å². The lowest BCUT2D eigenvalue weighted by Gasteiger charge is -2.27. The lowest BCUT2D eigenvalue weighted by atomic mass is 9.94. The molecule has 0 aromatic carbocycles. The number of rotatable bonds is 9. The maximum atomic E-state index is 12.4. The standard InChI is InChI=1S/C14H27NO3/c1-6-7-12(2)13(3)14(16)15(8-10-17-4)9-11-18-5/h6-7,12-13H,8-11H2,1-5H3/b7-6+/t12-,13?/m0/s1. The summed E-state index contributed by atoms with van der Waals surface area (Å²) in [4.78, 5) is 14.2. The Morgan fingerprint density at radius 1 is 1.17 bits per heavy atom. The van der Waals surface area contributed by atoms with Crippen molar-refractivity contribution in [3.63, 3.8) is 0 Å². The second kappa shape index (κ2) is 10.1. The molecule has 0 aliphatic carbocycles. The Hall–Kier alpha value is -0.870. The zero-order chi connectivity index (χ0) is 14.0. The third kappa shape index (κ3) is 6.17. The second-order valence-electron chi connectivity index (χ2n) is 4.48. The van der Waals surface area contributed by atoms with Gasteiger partial charge in [0.25, 0.3) is 0 Å². The highest BCUT2D eigenvalue weighted by atomic mass is 16.5. The van der Waals surface area contributed by atoms with Crippen LogP contribution < -0.4 is 0 Å². The molecule has 0 aliphatic heterocycles. The van der Waals surface area contributed by atoms with E-state index in [0.717, 1.165) is 0 Å². The van der Waals surface area contributed by atoms with Crippen LogP contribution in [0.15, 0.2) is 12.2 Å². The van der Waals surface area contributed by atoms with Gasteiger partial charge in [-0.3, -0.25) is 4.79 Å². The van der Waals surface area contributed by atoms with Gasteiger partial charge >= 0.3 is 0 Å². The molecule has 1 amide bonds. The summed E-state index contributed by atoms with van der Waals surface area (Å²) in [6.07, 6.45) is 4.05. The summed E-state index contributed by atoms with van der Waals surface area (Å²) in [6, 6.07) is 0. The Morgan fingerprint density at radius 2 is 1.67 bits per heavy atom. The zero-order valence-corrected chi connectivity index (χ0v) is 12.3. The predicted molar refractivity (Wildman–Crippen MR) is 73.5 cm³/mol. The number of hydrogen-bond donors (Lipinski definition) is 0. The van der Waals surface area contributed by atoms with Crippen molar-refractivity contribution in [2.75, 3.05) is 40.5 Å². The summed E-state index contributed by atoms with van der Waals surface area (Å²) in [7, 11) is 3.29. The fourth-order valence-corrected chi connectivity index (χ4v) is 1.72. The van der Waals surface area contributed by atoms with Gasteiger partial charge in [0.2, 0.25) is 5.91 Å².